The van der Waals surface area contributed by atoms with Gasteiger partial charge >= 0.3 is 6.16 Å². The minimum atomic E-state index is -1.40. The molecule has 0 saturated carbocycles. The molecule has 96 valence electrons. The zero-order valence-corrected chi connectivity index (χ0v) is 10.6. The third-order valence-corrected chi connectivity index (χ3v) is 2.96. The molecule has 18 heavy (non-hydrogen) atoms. The third-order valence-electron chi connectivity index (χ3n) is 2.37. The fourth-order valence-electron chi connectivity index (χ4n) is 1.61. The molecular weight excluding hydrogens is 281 g/mol. The fourth-order valence-corrected chi connectivity index (χ4v) is 2.09. The highest BCUT2D eigenvalue weighted by molar-refractivity contribution is 6.35. The van der Waals surface area contributed by atoms with Gasteiger partial charge in [-0.15, -0.1) is 0 Å². The van der Waals surface area contributed by atoms with E-state index in [1.807, 2.05) is 0 Å². The fraction of sp³-hybridized carbons (Fsp3) is 0.273. The largest absolute Gasteiger partial charge is 0.512 e. The Morgan fingerprint density at radius 3 is 3.00 bits per heavy atom. The van der Waals surface area contributed by atoms with Crippen LogP contribution in [0.2, 0.25) is 10.0 Å². The molecular formula is C11H9Cl2NO4. The van der Waals surface area contributed by atoms with Crippen molar-refractivity contribution >= 4 is 35.3 Å². The van der Waals surface area contributed by atoms with Crippen LogP contribution in [0.5, 0.6) is 0 Å². The standard InChI is InChI=1S/C11H9Cl2NO4/c12-7-2-1-6(9(13)4-7)3-8-5-10(14-18-8)17-11(15)16/h1-2,4,8H,3,5H2,(H,15,16). The van der Waals surface area contributed by atoms with Gasteiger partial charge in [-0.1, -0.05) is 34.4 Å². The summed E-state index contributed by atoms with van der Waals surface area (Å²) in [6.07, 6.45) is -0.877. The maximum absolute atomic E-state index is 10.3. The van der Waals surface area contributed by atoms with Crippen LogP contribution in [-0.4, -0.2) is 23.3 Å². The molecule has 0 saturated heterocycles. The van der Waals surface area contributed by atoms with E-state index in [0.717, 1.165) is 5.56 Å². The Bertz CT molecular complexity index is 504. The Labute approximate surface area is 113 Å². The highest BCUT2D eigenvalue weighted by Gasteiger charge is 2.25. The topological polar surface area (TPSA) is 68.1 Å². The highest BCUT2D eigenvalue weighted by atomic mass is 35.5. The number of halogens is 2. The Balaban J connectivity index is 1.94. The lowest BCUT2D eigenvalue weighted by Crippen LogP contribution is -2.14. The Hall–Kier alpha value is -1.46. The lowest BCUT2D eigenvalue weighted by Gasteiger charge is -2.09. The Kier molecular flexibility index (Phi) is 3.93. The summed E-state index contributed by atoms with van der Waals surface area (Å²) in [7, 11) is 0. The molecule has 1 heterocycles. The minimum Gasteiger partial charge on any atom is -0.449 e. The normalized spacial score (nSPS) is 18.1. The van der Waals surface area contributed by atoms with E-state index in [1.165, 1.54) is 0 Å². The van der Waals surface area contributed by atoms with E-state index < -0.39 is 6.16 Å². The van der Waals surface area contributed by atoms with E-state index in [2.05, 4.69) is 9.89 Å². The second-order valence-electron chi connectivity index (χ2n) is 3.72. The molecule has 0 bridgehead atoms. The van der Waals surface area contributed by atoms with E-state index in [-0.39, 0.29) is 12.0 Å². The van der Waals surface area contributed by atoms with Crippen molar-refractivity contribution in [1.29, 1.82) is 0 Å². The van der Waals surface area contributed by atoms with E-state index in [4.69, 9.17) is 33.1 Å². The second kappa shape index (κ2) is 5.46. The van der Waals surface area contributed by atoms with Crippen molar-refractivity contribution in [3.05, 3.63) is 33.8 Å². The molecule has 1 aliphatic rings. The predicted octanol–water partition coefficient (Wildman–Crippen LogP) is 3.33. The van der Waals surface area contributed by atoms with Gasteiger partial charge in [-0.25, -0.2) is 4.79 Å². The van der Waals surface area contributed by atoms with Gasteiger partial charge in [0, 0.05) is 16.5 Å². The summed E-state index contributed by atoms with van der Waals surface area (Å²) in [5.41, 5.74) is 0.859. The molecule has 1 aromatic carbocycles. The van der Waals surface area contributed by atoms with Crippen molar-refractivity contribution in [3.8, 4) is 0 Å². The molecule has 0 aliphatic carbocycles. The first-order chi connectivity index (χ1) is 8.54. The van der Waals surface area contributed by atoms with Crippen molar-refractivity contribution in [2.24, 2.45) is 5.16 Å². The van der Waals surface area contributed by atoms with Gasteiger partial charge < -0.3 is 14.7 Å². The Morgan fingerprint density at radius 1 is 1.56 bits per heavy atom. The molecule has 1 aliphatic heterocycles. The second-order valence-corrected chi connectivity index (χ2v) is 4.57. The molecule has 0 aromatic heterocycles. The monoisotopic (exact) mass is 289 g/mol. The molecule has 0 spiro atoms. The van der Waals surface area contributed by atoms with Crippen LogP contribution in [0, 0.1) is 0 Å². The van der Waals surface area contributed by atoms with Gasteiger partial charge in [0.05, 0.1) is 6.42 Å². The van der Waals surface area contributed by atoms with Crippen molar-refractivity contribution in [2.45, 2.75) is 18.9 Å². The van der Waals surface area contributed by atoms with E-state index in [0.29, 0.717) is 22.9 Å². The molecule has 1 atom stereocenters. The number of rotatable bonds is 2. The predicted molar refractivity (Wildman–Crippen MR) is 66.2 cm³/mol. The van der Waals surface area contributed by atoms with Crippen LogP contribution in [0.4, 0.5) is 4.79 Å². The SMILES string of the molecule is O=C(O)OC1=NOC(Cc2ccc(Cl)cc2Cl)C1. The smallest absolute Gasteiger partial charge is 0.449 e. The zero-order valence-electron chi connectivity index (χ0n) is 9.10. The van der Waals surface area contributed by atoms with Gasteiger partial charge in [-0.2, -0.15) is 0 Å². The van der Waals surface area contributed by atoms with Gasteiger partial charge in [-0.3, -0.25) is 0 Å². The molecule has 1 aromatic rings. The summed E-state index contributed by atoms with van der Waals surface area (Å²) in [6, 6.07) is 5.17. The van der Waals surface area contributed by atoms with Gasteiger partial charge in [0.25, 0.3) is 0 Å². The van der Waals surface area contributed by atoms with Gasteiger partial charge in [-0.05, 0) is 17.7 Å². The lowest BCUT2D eigenvalue weighted by molar-refractivity contribution is 0.0853. The molecule has 7 heteroatoms. The number of carboxylic acid groups (broad SMARTS) is 1. The molecule has 1 unspecified atom stereocenters. The van der Waals surface area contributed by atoms with Crippen LogP contribution >= 0.6 is 23.2 Å². The summed E-state index contributed by atoms with van der Waals surface area (Å²) in [6.45, 7) is 0. The first kappa shape index (κ1) is 13.0. The quantitative estimate of drug-likeness (QED) is 0.848. The van der Waals surface area contributed by atoms with Crippen LogP contribution < -0.4 is 0 Å². The molecule has 0 radical (unpaired) electrons. The van der Waals surface area contributed by atoms with Crippen LogP contribution in [0.1, 0.15) is 12.0 Å². The van der Waals surface area contributed by atoms with E-state index >= 15 is 0 Å². The average molecular weight is 290 g/mol. The molecule has 1 N–H and O–H groups in total. The third kappa shape index (κ3) is 3.27. The molecule has 0 amide bonds. The van der Waals surface area contributed by atoms with Crippen LogP contribution in [0.3, 0.4) is 0 Å². The average Bonchev–Trinajstić information content (AvgIpc) is 2.69. The number of nitrogens with zero attached hydrogens (tertiary/aromatic N) is 1. The summed E-state index contributed by atoms with van der Waals surface area (Å²) >= 11 is 11.8. The van der Waals surface area contributed by atoms with Crippen LogP contribution in [0.25, 0.3) is 0 Å². The van der Waals surface area contributed by atoms with Gasteiger partial charge in [0.15, 0.2) is 0 Å². The maximum atomic E-state index is 10.3. The maximum Gasteiger partial charge on any atom is 0.512 e. The lowest BCUT2D eigenvalue weighted by atomic mass is 10.1. The molecule has 5 nitrogen and oxygen atoms in total. The number of hydrogen-bond donors (Lipinski definition) is 1. The van der Waals surface area contributed by atoms with Crippen molar-refractivity contribution in [3.63, 3.8) is 0 Å². The summed E-state index contributed by atoms with van der Waals surface area (Å²) in [5.74, 6) is 0.0533. The first-order valence-corrected chi connectivity index (χ1v) is 5.87. The van der Waals surface area contributed by atoms with Crippen LogP contribution in [-0.2, 0) is 16.0 Å². The number of benzene rings is 1. The van der Waals surface area contributed by atoms with Gasteiger partial charge in [0.2, 0.25) is 5.90 Å². The van der Waals surface area contributed by atoms with Gasteiger partial charge in [0.1, 0.15) is 6.10 Å². The number of carbonyl (C=O) groups is 1. The summed E-state index contributed by atoms with van der Waals surface area (Å²) < 4.78 is 4.42. The highest BCUT2D eigenvalue weighted by Crippen LogP contribution is 2.25. The molecule has 2 rings (SSSR count). The summed E-state index contributed by atoms with van der Waals surface area (Å²) in [5, 5.41) is 13.1. The number of oxime groups is 1. The Morgan fingerprint density at radius 2 is 2.33 bits per heavy atom. The minimum absolute atomic E-state index is 0.0533. The van der Waals surface area contributed by atoms with Crippen molar-refractivity contribution < 1.29 is 19.5 Å². The molecule has 0 fully saturated rings. The zero-order chi connectivity index (χ0) is 13.1. The van der Waals surface area contributed by atoms with Crippen LogP contribution in [0.15, 0.2) is 23.4 Å². The first-order valence-electron chi connectivity index (χ1n) is 5.12. The van der Waals surface area contributed by atoms with Crippen molar-refractivity contribution in [2.75, 3.05) is 0 Å². The summed E-state index contributed by atoms with van der Waals surface area (Å²) in [4.78, 5) is 15.4. The van der Waals surface area contributed by atoms with Crippen molar-refractivity contribution in [1.82, 2.24) is 0 Å². The number of hydrogen-bond acceptors (Lipinski definition) is 4. The van der Waals surface area contributed by atoms with E-state index in [1.54, 1.807) is 18.2 Å². The van der Waals surface area contributed by atoms with E-state index in [9.17, 15) is 4.79 Å². The number of ether oxygens (including phenoxy) is 1.